The van der Waals surface area contributed by atoms with Crippen molar-refractivity contribution in [2.24, 2.45) is 0 Å². The number of benzene rings is 2. The molecule has 0 aliphatic carbocycles. The van der Waals surface area contributed by atoms with E-state index in [4.69, 9.17) is 32.7 Å². The van der Waals surface area contributed by atoms with E-state index in [-0.39, 0.29) is 32.9 Å². The molecule has 0 heterocycles. The van der Waals surface area contributed by atoms with Gasteiger partial charge < -0.3 is 9.47 Å². The second-order valence-electron chi connectivity index (χ2n) is 5.14. The lowest BCUT2D eigenvalue weighted by atomic mass is 10.3. The normalized spacial score (nSPS) is 11.0. The number of nitrogens with one attached hydrogen (secondary N) is 2. The van der Waals surface area contributed by atoms with E-state index in [0.29, 0.717) is 12.4 Å². The molecule has 146 valence electrons. The summed E-state index contributed by atoms with van der Waals surface area (Å²) in [6.07, 6.45) is -0.723. The summed E-state index contributed by atoms with van der Waals surface area (Å²) in [5, 5.41) is 2.77. The van der Waals surface area contributed by atoms with Crippen LogP contribution < -0.4 is 14.8 Å². The Kier molecular flexibility index (Phi) is 7.18. The van der Waals surface area contributed by atoms with Crippen LogP contribution in [0.2, 0.25) is 10.0 Å². The zero-order valence-electron chi connectivity index (χ0n) is 14.6. The highest BCUT2D eigenvalue weighted by Gasteiger charge is 2.20. The molecule has 2 aromatic rings. The molecular weight excluding hydrogens is 415 g/mol. The van der Waals surface area contributed by atoms with Crippen molar-refractivity contribution in [1.82, 2.24) is 0 Å². The first-order valence-corrected chi connectivity index (χ1v) is 10.2. The van der Waals surface area contributed by atoms with Crippen LogP contribution in [0.3, 0.4) is 0 Å². The molecule has 0 radical (unpaired) electrons. The van der Waals surface area contributed by atoms with Gasteiger partial charge in [0, 0.05) is 0 Å². The van der Waals surface area contributed by atoms with Crippen molar-refractivity contribution < 1.29 is 22.7 Å². The highest BCUT2D eigenvalue weighted by atomic mass is 35.5. The lowest BCUT2D eigenvalue weighted by Crippen LogP contribution is -2.16. The molecule has 2 N–H and O–H groups in total. The van der Waals surface area contributed by atoms with E-state index >= 15 is 0 Å². The molecule has 7 nitrogen and oxygen atoms in total. The van der Waals surface area contributed by atoms with E-state index in [1.165, 1.54) is 24.3 Å². The van der Waals surface area contributed by atoms with Crippen LogP contribution in [0.25, 0.3) is 0 Å². The molecule has 0 unspecified atom stereocenters. The van der Waals surface area contributed by atoms with Gasteiger partial charge in [0.15, 0.2) is 0 Å². The van der Waals surface area contributed by atoms with Crippen LogP contribution in [0.15, 0.2) is 41.3 Å². The Morgan fingerprint density at radius 2 is 1.81 bits per heavy atom. The first-order valence-electron chi connectivity index (χ1n) is 7.96. The summed E-state index contributed by atoms with van der Waals surface area (Å²) in [5.74, 6) is 0.310. The number of carbonyl (C=O) groups excluding carboxylic acids is 1. The maximum atomic E-state index is 12.7. The van der Waals surface area contributed by atoms with E-state index in [1.54, 1.807) is 26.0 Å². The van der Waals surface area contributed by atoms with E-state index in [2.05, 4.69) is 10.0 Å². The summed E-state index contributed by atoms with van der Waals surface area (Å²) in [7, 11) is -4.00. The van der Waals surface area contributed by atoms with Gasteiger partial charge in [-0.3, -0.25) is 10.0 Å². The van der Waals surface area contributed by atoms with E-state index in [0.717, 1.165) is 0 Å². The molecule has 0 saturated heterocycles. The van der Waals surface area contributed by atoms with Crippen molar-refractivity contribution in [2.45, 2.75) is 18.7 Å². The summed E-state index contributed by atoms with van der Waals surface area (Å²) in [5.41, 5.74) is 0.299. The Balaban J connectivity index is 2.38. The molecule has 2 aromatic carbocycles. The molecule has 0 aliphatic rings. The Labute approximate surface area is 167 Å². The van der Waals surface area contributed by atoms with E-state index < -0.39 is 16.1 Å². The van der Waals surface area contributed by atoms with E-state index in [9.17, 15) is 13.2 Å². The Hall–Kier alpha value is -2.16. The van der Waals surface area contributed by atoms with Crippen LogP contribution in [0.4, 0.5) is 16.2 Å². The number of rotatable bonds is 7. The molecule has 27 heavy (non-hydrogen) atoms. The Morgan fingerprint density at radius 1 is 1.07 bits per heavy atom. The number of carbonyl (C=O) groups is 1. The van der Waals surface area contributed by atoms with Crippen LogP contribution in [-0.2, 0) is 14.8 Å². The van der Waals surface area contributed by atoms with Crippen molar-refractivity contribution >= 4 is 50.7 Å². The Morgan fingerprint density at radius 3 is 2.48 bits per heavy atom. The summed E-state index contributed by atoms with van der Waals surface area (Å²) >= 11 is 11.9. The van der Waals surface area contributed by atoms with Crippen LogP contribution in [0, 0.1) is 0 Å². The highest BCUT2D eigenvalue weighted by Crippen LogP contribution is 2.33. The number of halogens is 2. The zero-order chi connectivity index (χ0) is 20.0. The van der Waals surface area contributed by atoms with Crippen molar-refractivity contribution in [3.05, 3.63) is 46.4 Å². The largest absolute Gasteiger partial charge is 0.492 e. The van der Waals surface area contributed by atoms with Crippen molar-refractivity contribution in [3.63, 3.8) is 0 Å². The zero-order valence-corrected chi connectivity index (χ0v) is 16.9. The fourth-order valence-electron chi connectivity index (χ4n) is 2.12. The van der Waals surface area contributed by atoms with Crippen molar-refractivity contribution in [3.8, 4) is 5.75 Å². The number of amides is 1. The Bertz CT molecular complexity index is 935. The minimum Gasteiger partial charge on any atom is -0.492 e. The van der Waals surface area contributed by atoms with Crippen LogP contribution in [-0.4, -0.2) is 27.7 Å². The topological polar surface area (TPSA) is 93.7 Å². The highest BCUT2D eigenvalue weighted by molar-refractivity contribution is 7.92. The molecular formula is C17H18Cl2N2O5S. The SMILES string of the molecule is CCOC(=O)Nc1cc(S(=O)(=O)Nc2cccc(Cl)c2Cl)ccc1OCC. The summed E-state index contributed by atoms with van der Waals surface area (Å²) in [4.78, 5) is 11.6. The predicted molar refractivity (Wildman–Crippen MR) is 106 cm³/mol. The maximum Gasteiger partial charge on any atom is 0.411 e. The van der Waals surface area contributed by atoms with Crippen molar-refractivity contribution in [2.75, 3.05) is 23.3 Å². The molecule has 0 atom stereocenters. The van der Waals surface area contributed by atoms with E-state index in [1.807, 2.05) is 0 Å². The smallest absolute Gasteiger partial charge is 0.411 e. The lowest BCUT2D eigenvalue weighted by molar-refractivity contribution is 0.167. The minimum atomic E-state index is -4.00. The summed E-state index contributed by atoms with van der Waals surface area (Å²) < 4.78 is 38.0. The average molecular weight is 433 g/mol. The van der Waals surface area contributed by atoms with Gasteiger partial charge in [-0.1, -0.05) is 29.3 Å². The number of anilines is 2. The van der Waals surface area contributed by atoms with Crippen LogP contribution in [0.5, 0.6) is 5.75 Å². The van der Waals surface area contributed by atoms with Gasteiger partial charge in [0.25, 0.3) is 10.0 Å². The van der Waals surface area contributed by atoms with Gasteiger partial charge >= 0.3 is 6.09 Å². The third kappa shape index (κ3) is 5.41. The maximum absolute atomic E-state index is 12.7. The fourth-order valence-corrected chi connectivity index (χ4v) is 3.62. The van der Waals surface area contributed by atoms with Gasteiger partial charge in [0.05, 0.1) is 39.5 Å². The molecule has 10 heteroatoms. The first-order chi connectivity index (χ1) is 12.8. The lowest BCUT2D eigenvalue weighted by Gasteiger charge is -2.14. The quantitative estimate of drug-likeness (QED) is 0.657. The third-order valence-corrected chi connectivity index (χ3v) is 5.45. The predicted octanol–water partition coefficient (Wildman–Crippen LogP) is 4.76. The molecule has 0 saturated carbocycles. The molecule has 0 aliphatic heterocycles. The summed E-state index contributed by atoms with van der Waals surface area (Å²) in [6.45, 7) is 3.92. The van der Waals surface area contributed by atoms with Gasteiger partial charge in [-0.05, 0) is 44.2 Å². The second kappa shape index (κ2) is 9.16. The molecule has 0 spiro atoms. The van der Waals surface area contributed by atoms with Crippen molar-refractivity contribution in [1.29, 1.82) is 0 Å². The second-order valence-corrected chi connectivity index (χ2v) is 7.61. The number of sulfonamides is 1. The average Bonchev–Trinajstić information content (AvgIpc) is 2.60. The number of hydrogen-bond donors (Lipinski definition) is 2. The molecule has 0 aromatic heterocycles. The molecule has 2 rings (SSSR count). The number of ether oxygens (including phenoxy) is 2. The first kappa shape index (κ1) is 21.1. The molecule has 0 fully saturated rings. The minimum absolute atomic E-state index is 0.0820. The summed E-state index contributed by atoms with van der Waals surface area (Å²) in [6, 6.07) is 8.65. The van der Waals surface area contributed by atoms with Gasteiger partial charge in [-0.15, -0.1) is 0 Å². The van der Waals surface area contributed by atoms with Crippen LogP contribution in [0.1, 0.15) is 13.8 Å². The van der Waals surface area contributed by atoms with Crippen LogP contribution >= 0.6 is 23.2 Å². The molecule has 0 bridgehead atoms. The molecule has 1 amide bonds. The number of hydrogen-bond acceptors (Lipinski definition) is 5. The van der Waals surface area contributed by atoms with Gasteiger partial charge in [0.2, 0.25) is 0 Å². The monoisotopic (exact) mass is 432 g/mol. The standard InChI is InChI=1S/C17H18Cl2N2O5S/c1-3-25-15-9-8-11(10-14(15)20-17(22)26-4-2)27(23,24)21-13-7-5-6-12(18)16(13)19/h5-10,21H,3-4H2,1-2H3,(H,20,22). The van der Waals surface area contributed by atoms with Gasteiger partial charge in [0.1, 0.15) is 5.75 Å². The van der Waals surface area contributed by atoms with Gasteiger partial charge in [-0.2, -0.15) is 0 Å². The fraction of sp³-hybridized carbons (Fsp3) is 0.235. The third-order valence-electron chi connectivity index (χ3n) is 3.27. The van der Waals surface area contributed by atoms with Gasteiger partial charge in [-0.25, -0.2) is 13.2 Å².